The fourth-order valence-electron chi connectivity index (χ4n) is 5.13. The van der Waals surface area contributed by atoms with Gasteiger partial charge in [-0.3, -0.25) is 4.90 Å². The largest absolute Gasteiger partial charge is 0.472 e. The average molecular weight is 448 g/mol. The van der Waals surface area contributed by atoms with Crippen LogP contribution in [0, 0.1) is 11.8 Å². The molecule has 1 aromatic heterocycles. The molecule has 2 fully saturated rings. The van der Waals surface area contributed by atoms with Crippen molar-refractivity contribution >= 4 is 11.8 Å². The van der Waals surface area contributed by atoms with E-state index in [1.807, 2.05) is 36.4 Å². The summed E-state index contributed by atoms with van der Waals surface area (Å²) in [5.41, 5.74) is 1.80. The van der Waals surface area contributed by atoms with Gasteiger partial charge in [0.25, 0.3) is 0 Å². The highest BCUT2D eigenvalue weighted by Crippen LogP contribution is 2.45. The molecule has 2 aliphatic rings. The number of thioether (sulfide) groups is 1. The van der Waals surface area contributed by atoms with Crippen LogP contribution in [0.25, 0.3) is 0 Å². The fraction of sp³-hybridized carbons (Fsp3) is 0.385. The van der Waals surface area contributed by atoms with E-state index in [1.165, 1.54) is 5.56 Å². The number of hydrogen-bond donors (Lipinski definition) is 1. The number of fused-ring (bicyclic) bond motifs is 1. The van der Waals surface area contributed by atoms with Gasteiger partial charge in [0.1, 0.15) is 11.6 Å². The SMILES string of the molecule is OC1(Cc2ccccc2)CC2CN(CSc3cnc(OCc4ccccc4)cn3)C[C@@H]2C1. The van der Waals surface area contributed by atoms with Crippen LogP contribution in [0.1, 0.15) is 24.0 Å². The maximum Gasteiger partial charge on any atom is 0.232 e. The van der Waals surface area contributed by atoms with E-state index in [0.29, 0.717) is 24.3 Å². The van der Waals surface area contributed by atoms with E-state index >= 15 is 0 Å². The van der Waals surface area contributed by atoms with Gasteiger partial charge in [0.15, 0.2) is 0 Å². The van der Waals surface area contributed by atoms with Crippen LogP contribution in [0.15, 0.2) is 78.1 Å². The molecule has 1 saturated carbocycles. The second kappa shape index (κ2) is 9.61. The lowest BCUT2D eigenvalue weighted by Gasteiger charge is -2.26. The molecular formula is C26H29N3O2S. The zero-order valence-corrected chi connectivity index (χ0v) is 19.0. The number of aliphatic hydroxyl groups is 1. The molecule has 0 amide bonds. The van der Waals surface area contributed by atoms with Gasteiger partial charge in [0.05, 0.1) is 23.9 Å². The molecule has 32 heavy (non-hydrogen) atoms. The molecule has 0 spiro atoms. The molecule has 6 heteroatoms. The zero-order valence-electron chi connectivity index (χ0n) is 18.1. The maximum absolute atomic E-state index is 11.1. The van der Waals surface area contributed by atoms with Crippen LogP contribution in [-0.2, 0) is 13.0 Å². The van der Waals surface area contributed by atoms with Crippen LogP contribution in [0.5, 0.6) is 5.88 Å². The smallest absolute Gasteiger partial charge is 0.232 e. The minimum Gasteiger partial charge on any atom is -0.472 e. The van der Waals surface area contributed by atoms with Crippen LogP contribution in [0.3, 0.4) is 0 Å². The summed E-state index contributed by atoms with van der Waals surface area (Å²) in [4.78, 5) is 11.4. The van der Waals surface area contributed by atoms with Crippen molar-refractivity contribution in [2.24, 2.45) is 11.8 Å². The number of rotatable bonds is 8. The second-order valence-electron chi connectivity index (χ2n) is 9.09. The van der Waals surface area contributed by atoms with E-state index in [9.17, 15) is 5.11 Å². The Labute approximate surface area is 193 Å². The molecule has 1 aliphatic heterocycles. The normalized spacial score (nSPS) is 25.0. The Balaban J connectivity index is 1.07. The van der Waals surface area contributed by atoms with Crippen LogP contribution in [0.2, 0.25) is 0 Å². The first-order valence-corrected chi connectivity index (χ1v) is 12.2. The summed E-state index contributed by atoms with van der Waals surface area (Å²) >= 11 is 1.72. The Bertz CT molecular complexity index is 987. The topological polar surface area (TPSA) is 58.5 Å². The van der Waals surface area contributed by atoms with Crippen LogP contribution in [0.4, 0.5) is 0 Å². The monoisotopic (exact) mass is 447 g/mol. The summed E-state index contributed by atoms with van der Waals surface area (Å²) in [7, 11) is 0. The molecule has 0 radical (unpaired) electrons. The number of hydrogen-bond acceptors (Lipinski definition) is 6. The summed E-state index contributed by atoms with van der Waals surface area (Å²) in [5.74, 6) is 2.63. The molecule has 1 N–H and O–H groups in total. The van der Waals surface area contributed by atoms with Gasteiger partial charge in [-0.2, -0.15) is 0 Å². The van der Waals surface area contributed by atoms with Crippen LogP contribution >= 0.6 is 11.8 Å². The Morgan fingerprint density at radius 2 is 1.56 bits per heavy atom. The first-order valence-electron chi connectivity index (χ1n) is 11.3. The molecular weight excluding hydrogens is 418 g/mol. The first kappa shape index (κ1) is 21.4. The molecule has 166 valence electrons. The van der Waals surface area contributed by atoms with E-state index < -0.39 is 5.60 Å². The van der Waals surface area contributed by atoms with Crippen molar-refractivity contribution in [3.05, 3.63) is 84.2 Å². The lowest BCUT2D eigenvalue weighted by molar-refractivity contribution is 0.0362. The lowest BCUT2D eigenvalue weighted by atomic mass is 9.91. The third-order valence-electron chi connectivity index (χ3n) is 6.54. The van der Waals surface area contributed by atoms with Gasteiger partial charge < -0.3 is 9.84 Å². The van der Waals surface area contributed by atoms with Crippen molar-refractivity contribution < 1.29 is 9.84 Å². The van der Waals surface area contributed by atoms with E-state index in [1.54, 1.807) is 24.2 Å². The minimum absolute atomic E-state index is 0.495. The van der Waals surface area contributed by atoms with Gasteiger partial charge in [0, 0.05) is 19.5 Å². The predicted octanol–water partition coefficient (Wildman–Crippen LogP) is 4.42. The van der Waals surface area contributed by atoms with Gasteiger partial charge in [0.2, 0.25) is 5.88 Å². The number of ether oxygens (including phenoxy) is 1. The van der Waals surface area contributed by atoms with Crippen LogP contribution < -0.4 is 4.74 Å². The summed E-state index contributed by atoms with van der Waals surface area (Å²) < 4.78 is 5.72. The second-order valence-corrected chi connectivity index (χ2v) is 10.1. The van der Waals surface area contributed by atoms with Crippen molar-refractivity contribution in [2.75, 3.05) is 19.0 Å². The molecule has 0 bridgehead atoms. The Morgan fingerprint density at radius 3 is 2.19 bits per heavy atom. The van der Waals surface area contributed by atoms with E-state index in [4.69, 9.17) is 4.74 Å². The molecule has 2 unspecified atom stereocenters. The van der Waals surface area contributed by atoms with E-state index in [-0.39, 0.29) is 0 Å². The number of likely N-dealkylation sites (tertiary alicyclic amines) is 1. The van der Waals surface area contributed by atoms with Crippen molar-refractivity contribution in [2.45, 2.75) is 36.5 Å². The van der Waals surface area contributed by atoms with Crippen molar-refractivity contribution in [3.63, 3.8) is 0 Å². The first-order chi connectivity index (χ1) is 15.7. The molecule has 5 nitrogen and oxygen atoms in total. The van der Waals surface area contributed by atoms with Crippen molar-refractivity contribution in [3.8, 4) is 5.88 Å². The van der Waals surface area contributed by atoms with Crippen molar-refractivity contribution in [1.82, 2.24) is 14.9 Å². The third kappa shape index (κ3) is 5.31. The quantitative estimate of drug-likeness (QED) is 0.516. The lowest BCUT2D eigenvalue weighted by Crippen LogP contribution is -2.32. The summed E-state index contributed by atoms with van der Waals surface area (Å²) in [6.45, 7) is 2.61. The van der Waals surface area contributed by atoms with Gasteiger partial charge in [-0.15, -0.1) is 0 Å². The Hall–Kier alpha value is -2.41. The molecule has 2 aromatic carbocycles. The standard InChI is InChI=1S/C26H29N3O2S/c30-26(11-20-7-3-1-4-8-20)12-22-16-29(17-23(22)13-26)19-32-25-15-27-24(14-28-25)31-18-21-9-5-2-6-10-21/h1-10,14-15,22-23,30H,11-13,16-19H2/t22-,23?,26?/m0/s1. The highest BCUT2D eigenvalue weighted by atomic mass is 32.2. The van der Waals surface area contributed by atoms with Gasteiger partial charge in [-0.1, -0.05) is 72.4 Å². The summed E-state index contributed by atoms with van der Waals surface area (Å²) in [6, 6.07) is 20.4. The Morgan fingerprint density at radius 1 is 0.906 bits per heavy atom. The molecule has 1 saturated heterocycles. The van der Waals surface area contributed by atoms with Gasteiger partial charge in [-0.25, -0.2) is 9.97 Å². The van der Waals surface area contributed by atoms with E-state index in [2.05, 4.69) is 39.1 Å². The molecule has 2 heterocycles. The molecule has 3 aromatic rings. The maximum atomic E-state index is 11.1. The summed E-state index contributed by atoms with van der Waals surface area (Å²) in [5, 5.41) is 12.0. The molecule has 5 rings (SSSR count). The molecule has 1 aliphatic carbocycles. The highest BCUT2D eigenvalue weighted by molar-refractivity contribution is 7.99. The van der Waals surface area contributed by atoms with Crippen molar-refractivity contribution in [1.29, 1.82) is 0 Å². The average Bonchev–Trinajstić information content (AvgIpc) is 3.32. The number of aromatic nitrogens is 2. The number of nitrogens with zero attached hydrogens (tertiary/aromatic N) is 3. The predicted molar refractivity (Wildman–Crippen MR) is 126 cm³/mol. The highest BCUT2D eigenvalue weighted by Gasteiger charge is 2.47. The summed E-state index contributed by atoms with van der Waals surface area (Å²) in [6.07, 6.45) is 6.07. The van der Waals surface area contributed by atoms with Gasteiger partial charge in [-0.05, 0) is 35.8 Å². The zero-order chi connectivity index (χ0) is 21.8. The fourth-order valence-corrected chi connectivity index (χ4v) is 5.91. The van der Waals surface area contributed by atoms with Gasteiger partial charge >= 0.3 is 0 Å². The molecule has 3 atom stereocenters. The minimum atomic E-state index is -0.545. The van der Waals surface area contributed by atoms with Crippen LogP contribution in [-0.4, -0.2) is 44.5 Å². The third-order valence-corrected chi connectivity index (χ3v) is 7.54. The van der Waals surface area contributed by atoms with E-state index in [0.717, 1.165) is 48.8 Å². The Kier molecular flexibility index (Phi) is 6.44. The number of benzene rings is 2.